The van der Waals surface area contributed by atoms with E-state index >= 15 is 0 Å². The van der Waals surface area contributed by atoms with Gasteiger partial charge in [-0.2, -0.15) is 13.2 Å². The lowest BCUT2D eigenvalue weighted by Crippen LogP contribution is -2.16. The summed E-state index contributed by atoms with van der Waals surface area (Å²) in [4.78, 5) is 12.3. The van der Waals surface area contributed by atoms with E-state index < -0.39 is 17.6 Å². The molecule has 0 bridgehead atoms. The third kappa shape index (κ3) is 9.11. The van der Waals surface area contributed by atoms with Crippen molar-refractivity contribution in [1.82, 2.24) is 0 Å². The zero-order valence-electron chi connectivity index (χ0n) is 20.9. The molecule has 8 heteroatoms. The topological polar surface area (TPSA) is 72.6 Å². The number of hydrogen-bond donors (Lipinski definition) is 2. The van der Waals surface area contributed by atoms with Crippen LogP contribution in [-0.2, 0) is 12.6 Å². The van der Waals surface area contributed by atoms with E-state index in [1.807, 2.05) is 0 Å². The van der Waals surface area contributed by atoms with E-state index in [0.29, 0.717) is 22.0 Å². The summed E-state index contributed by atoms with van der Waals surface area (Å²) in [5.74, 6) is -0.366. The first-order chi connectivity index (χ1) is 17.2. The summed E-state index contributed by atoms with van der Waals surface area (Å²) in [5, 5.41) is 9.28. The van der Waals surface area contributed by atoms with Crippen LogP contribution in [0.5, 0.6) is 5.75 Å². The molecule has 200 valence electrons. The molecule has 2 rings (SSSR count). The van der Waals surface area contributed by atoms with E-state index in [1.165, 1.54) is 63.1 Å². The summed E-state index contributed by atoms with van der Waals surface area (Å²) in [6.07, 6.45) is 7.82. The van der Waals surface area contributed by atoms with Crippen molar-refractivity contribution in [3.05, 3.63) is 51.5 Å². The normalized spacial score (nSPS) is 11.6. The van der Waals surface area contributed by atoms with Gasteiger partial charge in [-0.1, -0.05) is 76.8 Å². The van der Waals surface area contributed by atoms with Crippen LogP contribution in [0.2, 0.25) is 0 Å². The number of hydrogen-bond acceptors (Lipinski definition) is 3. The van der Waals surface area contributed by atoms with Crippen LogP contribution in [0.25, 0.3) is 11.1 Å². The molecule has 1 amide bonds. The molecule has 0 atom stereocenters. The predicted molar refractivity (Wildman–Crippen MR) is 141 cm³/mol. The van der Waals surface area contributed by atoms with Gasteiger partial charge in [0.2, 0.25) is 5.91 Å². The Labute approximate surface area is 220 Å². The van der Waals surface area contributed by atoms with Crippen molar-refractivity contribution < 1.29 is 27.8 Å². The lowest BCUT2D eigenvalue weighted by Gasteiger charge is -2.19. The third-order valence-corrected chi connectivity index (χ3v) is 7.05. The second-order valence-electron chi connectivity index (χ2n) is 9.04. The number of nitrogens with two attached hydrogens (primary N) is 1. The highest BCUT2D eigenvalue weighted by molar-refractivity contribution is 9.10. The molecular formula is C28H37BrF3NO3. The van der Waals surface area contributed by atoms with Crippen LogP contribution < -0.4 is 10.5 Å². The lowest BCUT2D eigenvalue weighted by atomic mass is 9.93. The zero-order chi connectivity index (χ0) is 26.6. The Morgan fingerprint density at radius 3 is 2.17 bits per heavy atom. The molecule has 0 unspecified atom stereocenters. The molecule has 0 spiro atoms. The second-order valence-corrected chi connectivity index (χ2v) is 9.83. The molecule has 0 aliphatic carbocycles. The van der Waals surface area contributed by atoms with Gasteiger partial charge in [0.15, 0.2) is 0 Å². The van der Waals surface area contributed by atoms with Crippen molar-refractivity contribution in [1.29, 1.82) is 0 Å². The van der Waals surface area contributed by atoms with Crippen molar-refractivity contribution in [2.24, 2.45) is 5.73 Å². The van der Waals surface area contributed by atoms with Crippen LogP contribution >= 0.6 is 15.9 Å². The maximum Gasteiger partial charge on any atom is 0.416 e. The van der Waals surface area contributed by atoms with Gasteiger partial charge < -0.3 is 15.6 Å². The van der Waals surface area contributed by atoms with Crippen LogP contribution in [0.4, 0.5) is 13.2 Å². The molecule has 0 heterocycles. The second kappa shape index (κ2) is 15.3. The van der Waals surface area contributed by atoms with Crippen LogP contribution in [0, 0.1) is 0 Å². The van der Waals surface area contributed by atoms with E-state index in [2.05, 4.69) is 22.9 Å². The first kappa shape index (κ1) is 30.2. The fraction of sp³-hybridized carbons (Fsp3) is 0.536. The quantitative estimate of drug-likeness (QED) is 0.200. The molecule has 0 aromatic heterocycles. The summed E-state index contributed by atoms with van der Waals surface area (Å²) in [5.41, 5.74) is 6.35. The SMILES string of the molecule is CCCCCCCCCCCCc1c(C(N)=O)cc(-c2cccc(C(F)(F)F)c2)c(OCCO)c1Br. The first-order valence-electron chi connectivity index (χ1n) is 12.8. The monoisotopic (exact) mass is 571 g/mol. The molecule has 0 saturated heterocycles. The van der Waals surface area contributed by atoms with Crippen molar-refractivity contribution in [2.45, 2.75) is 83.7 Å². The van der Waals surface area contributed by atoms with Gasteiger partial charge in [0.05, 0.1) is 16.6 Å². The van der Waals surface area contributed by atoms with E-state index in [4.69, 9.17) is 10.5 Å². The van der Waals surface area contributed by atoms with Gasteiger partial charge >= 0.3 is 6.18 Å². The van der Waals surface area contributed by atoms with Crippen molar-refractivity contribution in [3.8, 4) is 16.9 Å². The molecule has 0 saturated carbocycles. The number of carbonyl (C=O) groups is 1. The van der Waals surface area contributed by atoms with Gasteiger partial charge in [-0.3, -0.25) is 4.79 Å². The average Bonchev–Trinajstić information content (AvgIpc) is 2.84. The minimum absolute atomic E-state index is 0.0435. The molecule has 2 aromatic rings. The Morgan fingerprint density at radius 2 is 1.61 bits per heavy atom. The van der Waals surface area contributed by atoms with Crippen molar-refractivity contribution in [2.75, 3.05) is 13.2 Å². The lowest BCUT2D eigenvalue weighted by molar-refractivity contribution is -0.137. The molecule has 3 N–H and O–H groups in total. The Morgan fingerprint density at radius 1 is 1.00 bits per heavy atom. The standard InChI is InChI=1S/C28H37BrF3NO3/c1-2-3-4-5-6-7-8-9-10-11-15-22-24(27(33)35)19-23(26(25(22)29)36-17-16-34)20-13-12-14-21(18-20)28(30,31)32/h12-14,18-19,34H,2-11,15-17H2,1H3,(H2,33,35). The summed E-state index contributed by atoms with van der Waals surface area (Å²) >= 11 is 3.52. The number of alkyl halides is 3. The maximum atomic E-state index is 13.3. The Bertz CT molecular complexity index is 979. The van der Waals surface area contributed by atoms with Gasteiger partial charge in [0.25, 0.3) is 0 Å². The summed E-state index contributed by atoms with van der Waals surface area (Å²) < 4.78 is 46.2. The molecule has 0 fully saturated rings. The largest absolute Gasteiger partial charge is 0.489 e. The summed E-state index contributed by atoms with van der Waals surface area (Å²) in [7, 11) is 0. The minimum atomic E-state index is -4.51. The van der Waals surface area contributed by atoms with Crippen molar-refractivity contribution >= 4 is 21.8 Å². The number of benzene rings is 2. The number of aliphatic hydroxyl groups excluding tert-OH is 1. The summed E-state index contributed by atoms with van der Waals surface area (Å²) in [6, 6.07) is 6.33. The Hall–Kier alpha value is -2.06. The number of amides is 1. The number of aliphatic hydroxyl groups is 1. The van der Waals surface area contributed by atoms with Crippen LogP contribution in [0.1, 0.15) is 92.6 Å². The Balaban J connectivity index is 2.22. The number of unbranched alkanes of at least 4 members (excludes halogenated alkanes) is 9. The molecule has 0 aliphatic heterocycles. The Kier molecular flexibility index (Phi) is 12.8. The number of primary amides is 1. The maximum absolute atomic E-state index is 13.3. The van der Waals surface area contributed by atoms with Crippen LogP contribution in [0.3, 0.4) is 0 Å². The van der Waals surface area contributed by atoms with Crippen LogP contribution in [0.15, 0.2) is 34.8 Å². The zero-order valence-corrected chi connectivity index (χ0v) is 22.5. The first-order valence-corrected chi connectivity index (χ1v) is 13.6. The van der Waals surface area contributed by atoms with Crippen molar-refractivity contribution in [3.63, 3.8) is 0 Å². The van der Waals surface area contributed by atoms with Gasteiger partial charge in [-0.15, -0.1) is 0 Å². The van der Waals surface area contributed by atoms with E-state index in [9.17, 15) is 23.1 Å². The number of halogens is 4. The smallest absolute Gasteiger partial charge is 0.416 e. The third-order valence-electron chi connectivity index (χ3n) is 6.21. The molecule has 36 heavy (non-hydrogen) atoms. The predicted octanol–water partition coefficient (Wildman–Crippen LogP) is 8.07. The van der Waals surface area contributed by atoms with E-state index in [0.717, 1.165) is 31.4 Å². The highest BCUT2D eigenvalue weighted by Gasteiger charge is 2.31. The molecular weight excluding hydrogens is 535 g/mol. The number of ether oxygens (including phenoxy) is 1. The average molecular weight is 573 g/mol. The highest BCUT2D eigenvalue weighted by atomic mass is 79.9. The van der Waals surface area contributed by atoms with E-state index in [1.54, 1.807) is 0 Å². The molecule has 4 nitrogen and oxygen atoms in total. The highest BCUT2D eigenvalue weighted by Crippen LogP contribution is 2.43. The number of rotatable bonds is 16. The fourth-order valence-corrected chi connectivity index (χ4v) is 5.03. The van der Waals surface area contributed by atoms with Crippen LogP contribution in [-0.4, -0.2) is 24.2 Å². The fourth-order valence-electron chi connectivity index (χ4n) is 4.29. The van der Waals surface area contributed by atoms with Gasteiger partial charge in [-0.25, -0.2) is 0 Å². The van der Waals surface area contributed by atoms with Gasteiger partial charge in [-0.05, 0) is 58.1 Å². The van der Waals surface area contributed by atoms with Gasteiger partial charge in [0, 0.05) is 11.1 Å². The molecule has 0 aliphatic rings. The summed E-state index contributed by atoms with van der Waals surface area (Å²) in [6.45, 7) is 1.90. The number of carbonyl (C=O) groups excluding carboxylic acids is 1. The van der Waals surface area contributed by atoms with Gasteiger partial charge in [0.1, 0.15) is 12.4 Å². The molecule has 2 aromatic carbocycles. The molecule has 0 radical (unpaired) electrons. The minimum Gasteiger partial charge on any atom is -0.489 e. The van der Waals surface area contributed by atoms with E-state index in [-0.39, 0.29) is 30.1 Å².